The summed E-state index contributed by atoms with van der Waals surface area (Å²) in [7, 11) is 1.86. The molecule has 24 heavy (non-hydrogen) atoms. The molecular formula is C19H40N4O. The van der Waals surface area contributed by atoms with Gasteiger partial charge in [0, 0.05) is 39.3 Å². The van der Waals surface area contributed by atoms with E-state index in [1.165, 1.54) is 25.7 Å². The zero-order valence-electron chi connectivity index (χ0n) is 16.8. The molecule has 0 aliphatic carbocycles. The molecule has 5 nitrogen and oxygen atoms in total. The van der Waals surface area contributed by atoms with E-state index in [4.69, 9.17) is 4.74 Å². The van der Waals surface area contributed by atoms with Crippen LogP contribution in [0.25, 0.3) is 0 Å². The van der Waals surface area contributed by atoms with Gasteiger partial charge in [0.15, 0.2) is 5.96 Å². The van der Waals surface area contributed by atoms with Crippen molar-refractivity contribution < 1.29 is 4.74 Å². The van der Waals surface area contributed by atoms with Crippen LogP contribution in [0.5, 0.6) is 0 Å². The molecule has 1 rings (SSSR count). The van der Waals surface area contributed by atoms with Crippen LogP contribution < -0.4 is 10.6 Å². The highest BCUT2D eigenvalue weighted by molar-refractivity contribution is 5.79. The van der Waals surface area contributed by atoms with Gasteiger partial charge in [-0.3, -0.25) is 4.99 Å². The van der Waals surface area contributed by atoms with E-state index >= 15 is 0 Å². The number of nitrogens with one attached hydrogen (secondary N) is 2. The van der Waals surface area contributed by atoms with Crippen molar-refractivity contribution >= 4 is 5.96 Å². The largest absolute Gasteiger partial charge is 0.377 e. The minimum absolute atomic E-state index is 0.330. The van der Waals surface area contributed by atoms with Gasteiger partial charge in [-0.2, -0.15) is 0 Å². The lowest BCUT2D eigenvalue weighted by atomic mass is 9.91. The molecule has 142 valence electrons. The van der Waals surface area contributed by atoms with E-state index in [1.807, 2.05) is 7.05 Å². The molecule has 0 aromatic rings. The van der Waals surface area contributed by atoms with Crippen molar-refractivity contribution in [3.63, 3.8) is 0 Å². The number of aliphatic imine (C=N–C) groups is 1. The van der Waals surface area contributed by atoms with Gasteiger partial charge in [0.2, 0.25) is 0 Å². The van der Waals surface area contributed by atoms with Crippen LogP contribution in [0.2, 0.25) is 0 Å². The fourth-order valence-corrected chi connectivity index (χ4v) is 2.93. The molecule has 2 N–H and O–H groups in total. The Bertz CT molecular complexity index is 355. The summed E-state index contributed by atoms with van der Waals surface area (Å²) in [6, 6.07) is 0.529. The van der Waals surface area contributed by atoms with Crippen LogP contribution in [0.15, 0.2) is 4.99 Å². The van der Waals surface area contributed by atoms with E-state index in [-0.39, 0.29) is 0 Å². The number of hydrogen-bond donors (Lipinski definition) is 2. The van der Waals surface area contributed by atoms with E-state index in [9.17, 15) is 0 Å². The van der Waals surface area contributed by atoms with Gasteiger partial charge in [-0.1, -0.05) is 20.8 Å². The van der Waals surface area contributed by atoms with Crippen LogP contribution in [0.3, 0.4) is 0 Å². The predicted octanol–water partition coefficient (Wildman–Crippen LogP) is 2.87. The summed E-state index contributed by atoms with van der Waals surface area (Å²) in [6.07, 6.45) is 5.08. The lowest BCUT2D eigenvalue weighted by Crippen LogP contribution is -2.49. The summed E-state index contributed by atoms with van der Waals surface area (Å²) in [4.78, 5) is 6.87. The Morgan fingerprint density at radius 3 is 2.46 bits per heavy atom. The zero-order valence-corrected chi connectivity index (χ0v) is 16.8. The Balaban J connectivity index is 2.17. The quantitative estimate of drug-likeness (QED) is 0.405. The van der Waals surface area contributed by atoms with E-state index in [1.54, 1.807) is 0 Å². The second-order valence-corrected chi connectivity index (χ2v) is 8.34. The van der Waals surface area contributed by atoms with Gasteiger partial charge in [-0.15, -0.1) is 0 Å². The SMILES string of the molecule is CN=C(NCCCC(C)(C)C)NC1CCN(CCOC(C)C)CC1. The Morgan fingerprint density at radius 1 is 1.25 bits per heavy atom. The van der Waals surface area contributed by atoms with Crippen molar-refractivity contribution in [1.29, 1.82) is 0 Å². The van der Waals surface area contributed by atoms with Gasteiger partial charge in [-0.05, 0) is 44.9 Å². The van der Waals surface area contributed by atoms with E-state index in [0.29, 0.717) is 17.6 Å². The van der Waals surface area contributed by atoms with Gasteiger partial charge in [0.25, 0.3) is 0 Å². The Labute approximate surface area is 149 Å². The number of likely N-dealkylation sites (tertiary alicyclic amines) is 1. The van der Waals surface area contributed by atoms with Crippen LogP contribution in [0, 0.1) is 5.41 Å². The fourth-order valence-electron chi connectivity index (χ4n) is 2.93. The van der Waals surface area contributed by atoms with Crippen molar-refractivity contribution in [2.45, 2.75) is 72.4 Å². The number of nitrogens with zero attached hydrogens (tertiary/aromatic N) is 2. The summed E-state index contributed by atoms with van der Waals surface area (Å²) in [5.41, 5.74) is 0.407. The van der Waals surface area contributed by atoms with Crippen LogP contribution in [0.4, 0.5) is 0 Å². The molecule has 0 unspecified atom stereocenters. The first-order valence-corrected chi connectivity index (χ1v) is 9.61. The first-order chi connectivity index (χ1) is 11.3. The zero-order chi connectivity index (χ0) is 18.0. The Hall–Kier alpha value is -0.810. The fraction of sp³-hybridized carbons (Fsp3) is 0.947. The topological polar surface area (TPSA) is 48.9 Å². The summed E-state index contributed by atoms with van der Waals surface area (Å²) >= 11 is 0. The molecule has 0 bridgehead atoms. The Morgan fingerprint density at radius 2 is 1.92 bits per heavy atom. The number of piperidine rings is 1. The van der Waals surface area contributed by atoms with Gasteiger partial charge in [0.1, 0.15) is 0 Å². The molecule has 1 aliphatic rings. The van der Waals surface area contributed by atoms with Gasteiger partial charge in [0.05, 0.1) is 12.7 Å². The maximum absolute atomic E-state index is 5.65. The van der Waals surface area contributed by atoms with Gasteiger partial charge < -0.3 is 20.3 Å². The lowest BCUT2D eigenvalue weighted by Gasteiger charge is -2.33. The molecule has 1 saturated heterocycles. The molecule has 0 spiro atoms. The minimum Gasteiger partial charge on any atom is -0.377 e. The number of ether oxygens (including phenoxy) is 1. The highest BCUT2D eigenvalue weighted by atomic mass is 16.5. The molecular weight excluding hydrogens is 300 g/mol. The van der Waals surface area contributed by atoms with Crippen molar-refractivity contribution in [3.8, 4) is 0 Å². The molecule has 0 aromatic carbocycles. The molecule has 0 radical (unpaired) electrons. The summed E-state index contributed by atoms with van der Waals surface area (Å²) in [6.45, 7) is 16.2. The van der Waals surface area contributed by atoms with Crippen LogP contribution in [-0.4, -0.2) is 62.8 Å². The third-order valence-electron chi connectivity index (χ3n) is 4.41. The molecule has 1 fully saturated rings. The third-order valence-corrected chi connectivity index (χ3v) is 4.41. The highest BCUT2D eigenvalue weighted by Gasteiger charge is 2.19. The third kappa shape index (κ3) is 10.1. The first-order valence-electron chi connectivity index (χ1n) is 9.61. The smallest absolute Gasteiger partial charge is 0.191 e. The predicted molar refractivity (Wildman–Crippen MR) is 104 cm³/mol. The summed E-state index contributed by atoms with van der Waals surface area (Å²) < 4.78 is 5.65. The maximum Gasteiger partial charge on any atom is 0.191 e. The second kappa shape index (κ2) is 10.9. The number of guanidine groups is 1. The summed E-state index contributed by atoms with van der Waals surface area (Å²) in [5.74, 6) is 0.950. The number of rotatable bonds is 8. The Kier molecular flexibility index (Phi) is 9.67. The van der Waals surface area contributed by atoms with Crippen LogP contribution in [-0.2, 0) is 4.74 Å². The molecule has 0 aromatic heterocycles. The lowest BCUT2D eigenvalue weighted by molar-refractivity contribution is 0.0532. The normalized spacial score (nSPS) is 18.2. The van der Waals surface area contributed by atoms with Crippen molar-refractivity contribution in [2.75, 3.05) is 39.8 Å². The average molecular weight is 341 g/mol. The molecule has 1 aliphatic heterocycles. The first kappa shape index (κ1) is 21.2. The van der Waals surface area contributed by atoms with E-state index in [0.717, 1.165) is 38.7 Å². The number of hydrogen-bond acceptors (Lipinski definition) is 3. The second-order valence-electron chi connectivity index (χ2n) is 8.34. The van der Waals surface area contributed by atoms with Gasteiger partial charge >= 0.3 is 0 Å². The molecule has 0 amide bonds. The van der Waals surface area contributed by atoms with E-state index < -0.39 is 0 Å². The van der Waals surface area contributed by atoms with Crippen LogP contribution in [0.1, 0.15) is 60.3 Å². The highest BCUT2D eigenvalue weighted by Crippen LogP contribution is 2.19. The van der Waals surface area contributed by atoms with Crippen molar-refractivity contribution in [3.05, 3.63) is 0 Å². The molecule has 0 atom stereocenters. The van der Waals surface area contributed by atoms with Crippen molar-refractivity contribution in [2.24, 2.45) is 10.4 Å². The molecule has 0 saturated carbocycles. The van der Waals surface area contributed by atoms with E-state index in [2.05, 4.69) is 55.1 Å². The maximum atomic E-state index is 5.65. The summed E-state index contributed by atoms with van der Waals surface area (Å²) in [5, 5.41) is 7.03. The standard InChI is InChI=1S/C19H40N4O/c1-16(2)24-15-14-23-12-8-17(9-13-23)22-18(20-6)21-11-7-10-19(3,4)5/h16-17H,7-15H2,1-6H3,(H2,20,21,22). The molecule has 1 heterocycles. The molecule has 5 heteroatoms. The van der Waals surface area contributed by atoms with Gasteiger partial charge in [-0.25, -0.2) is 0 Å². The van der Waals surface area contributed by atoms with Crippen molar-refractivity contribution in [1.82, 2.24) is 15.5 Å². The monoisotopic (exact) mass is 340 g/mol. The minimum atomic E-state index is 0.330. The average Bonchev–Trinajstić information content (AvgIpc) is 2.50. The van der Waals surface area contributed by atoms with Crippen LogP contribution >= 0.6 is 0 Å².